The van der Waals surface area contributed by atoms with Crippen LogP contribution in [0.15, 0.2) is 36.4 Å². The molecule has 0 fully saturated rings. The van der Waals surface area contributed by atoms with Crippen molar-refractivity contribution in [3.63, 3.8) is 0 Å². The van der Waals surface area contributed by atoms with Gasteiger partial charge in [0.25, 0.3) is 0 Å². The Morgan fingerprint density at radius 1 is 0.765 bits per heavy atom. The fourth-order valence-corrected chi connectivity index (χ4v) is 3.04. The van der Waals surface area contributed by atoms with Crippen molar-refractivity contribution >= 4 is 50.7 Å². The molecule has 2 aromatic rings. The molecule has 2 aromatic carbocycles. The SMILES string of the molecule is Clc1cccc(Cl)c1-c1c(Cl)cccc1CBr. The third-order valence-corrected chi connectivity index (χ3v) is 4.01. The zero-order chi connectivity index (χ0) is 12.4. The van der Waals surface area contributed by atoms with Gasteiger partial charge in [-0.1, -0.05) is 68.9 Å². The lowest BCUT2D eigenvalue weighted by molar-refractivity contribution is 1.43. The number of alkyl halides is 1. The summed E-state index contributed by atoms with van der Waals surface area (Å²) in [6, 6.07) is 11.2. The summed E-state index contributed by atoms with van der Waals surface area (Å²) in [5, 5.41) is 2.56. The van der Waals surface area contributed by atoms with E-state index < -0.39 is 0 Å². The van der Waals surface area contributed by atoms with Crippen LogP contribution >= 0.6 is 50.7 Å². The zero-order valence-corrected chi connectivity index (χ0v) is 12.5. The largest absolute Gasteiger partial charge is 0.0876 e. The Kier molecular flexibility index (Phi) is 4.37. The number of hydrogen-bond acceptors (Lipinski definition) is 0. The van der Waals surface area contributed by atoms with Gasteiger partial charge < -0.3 is 0 Å². The smallest absolute Gasteiger partial charge is 0.0500 e. The molecule has 0 unspecified atom stereocenters. The van der Waals surface area contributed by atoms with Gasteiger partial charge in [0.05, 0.1) is 0 Å². The first-order valence-electron chi connectivity index (χ1n) is 4.93. The molecule has 88 valence electrons. The Morgan fingerprint density at radius 3 is 1.76 bits per heavy atom. The van der Waals surface area contributed by atoms with E-state index in [0.29, 0.717) is 20.4 Å². The molecule has 0 heterocycles. The minimum Gasteiger partial charge on any atom is -0.0876 e. The maximum absolute atomic E-state index is 6.25. The Bertz CT molecular complexity index is 532. The van der Waals surface area contributed by atoms with Crippen molar-refractivity contribution in [1.29, 1.82) is 0 Å². The summed E-state index contributed by atoms with van der Waals surface area (Å²) in [6.07, 6.45) is 0. The fourth-order valence-electron chi connectivity index (χ4n) is 1.70. The van der Waals surface area contributed by atoms with Crippen LogP contribution in [0, 0.1) is 0 Å². The third-order valence-electron chi connectivity index (χ3n) is 2.46. The lowest BCUT2D eigenvalue weighted by atomic mass is 10.0. The van der Waals surface area contributed by atoms with Crippen molar-refractivity contribution in [2.75, 3.05) is 0 Å². The number of benzene rings is 2. The average Bonchev–Trinajstić information content (AvgIpc) is 2.30. The Balaban J connectivity index is 2.76. The van der Waals surface area contributed by atoms with Gasteiger partial charge in [-0.2, -0.15) is 0 Å². The van der Waals surface area contributed by atoms with Crippen LogP contribution < -0.4 is 0 Å². The highest BCUT2D eigenvalue weighted by Gasteiger charge is 2.14. The van der Waals surface area contributed by atoms with Crippen LogP contribution in [0.4, 0.5) is 0 Å². The molecule has 0 atom stereocenters. The van der Waals surface area contributed by atoms with Crippen LogP contribution in [0.25, 0.3) is 11.1 Å². The van der Waals surface area contributed by atoms with Gasteiger partial charge in [-0.25, -0.2) is 0 Å². The summed E-state index contributed by atoms with van der Waals surface area (Å²) in [5.74, 6) is 0. The van der Waals surface area contributed by atoms with Crippen LogP contribution in [0.5, 0.6) is 0 Å². The summed E-state index contributed by atoms with van der Waals surface area (Å²) in [4.78, 5) is 0. The second kappa shape index (κ2) is 5.62. The molecule has 0 saturated heterocycles. The van der Waals surface area contributed by atoms with E-state index in [1.807, 2.05) is 36.4 Å². The van der Waals surface area contributed by atoms with Crippen LogP contribution in [0.1, 0.15) is 5.56 Å². The highest BCUT2D eigenvalue weighted by atomic mass is 79.9. The van der Waals surface area contributed by atoms with E-state index in [-0.39, 0.29) is 0 Å². The minimum atomic E-state index is 0.604. The van der Waals surface area contributed by atoms with Gasteiger partial charge in [0.1, 0.15) is 0 Å². The molecule has 0 nitrogen and oxygen atoms in total. The standard InChI is InChI=1S/C13H8BrCl3/c14-7-8-3-1-4-9(15)12(8)13-10(16)5-2-6-11(13)17/h1-6H,7H2. The normalized spacial score (nSPS) is 10.6. The van der Waals surface area contributed by atoms with Crippen molar-refractivity contribution in [3.8, 4) is 11.1 Å². The predicted molar refractivity (Wildman–Crippen MR) is 79.5 cm³/mol. The molecule has 0 bridgehead atoms. The van der Waals surface area contributed by atoms with Gasteiger partial charge >= 0.3 is 0 Å². The van der Waals surface area contributed by atoms with Gasteiger partial charge in [-0.3, -0.25) is 0 Å². The van der Waals surface area contributed by atoms with Gasteiger partial charge in [0.2, 0.25) is 0 Å². The van der Waals surface area contributed by atoms with Crippen molar-refractivity contribution in [1.82, 2.24) is 0 Å². The molecule has 0 amide bonds. The van der Waals surface area contributed by atoms with Crippen LogP contribution in [-0.4, -0.2) is 0 Å². The molecule has 17 heavy (non-hydrogen) atoms. The van der Waals surface area contributed by atoms with Crippen molar-refractivity contribution in [3.05, 3.63) is 57.0 Å². The highest BCUT2D eigenvalue weighted by molar-refractivity contribution is 9.08. The van der Waals surface area contributed by atoms with E-state index in [2.05, 4.69) is 15.9 Å². The quantitative estimate of drug-likeness (QED) is 0.565. The summed E-state index contributed by atoms with van der Waals surface area (Å²) < 4.78 is 0. The maximum Gasteiger partial charge on any atom is 0.0500 e. The second-order valence-corrected chi connectivity index (χ2v) is 5.29. The van der Waals surface area contributed by atoms with Gasteiger partial charge in [0, 0.05) is 31.5 Å². The van der Waals surface area contributed by atoms with Crippen LogP contribution in [0.2, 0.25) is 15.1 Å². The Morgan fingerprint density at radius 2 is 1.24 bits per heavy atom. The molecule has 0 spiro atoms. The van der Waals surface area contributed by atoms with E-state index in [9.17, 15) is 0 Å². The highest BCUT2D eigenvalue weighted by Crippen LogP contribution is 2.40. The first-order chi connectivity index (χ1) is 8.15. The lowest BCUT2D eigenvalue weighted by Gasteiger charge is -2.13. The summed E-state index contributed by atoms with van der Waals surface area (Å²) in [7, 11) is 0. The molecule has 0 aromatic heterocycles. The van der Waals surface area contributed by atoms with Crippen LogP contribution in [-0.2, 0) is 5.33 Å². The molecular weight excluding hydrogens is 342 g/mol. The molecule has 0 aliphatic rings. The summed E-state index contributed by atoms with van der Waals surface area (Å²) in [5.41, 5.74) is 2.74. The molecule has 0 N–H and O–H groups in total. The molecule has 0 radical (unpaired) electrons. The van der Waals surface area contributed by atoms with Crippen molar-refractivity contribution in [2.24, 2.45) is 0 Å². The number of hydrogen-bond donors (Lipinski definition) is 0. The number of rotatable bonds is 2. The van der Waals surface area contributed by atoms with Gasteiger partial charge in [-0.05, 0) is 23.8 Å². The van der Waals surface area contributed by atoms with Crippen molar-refractivity contribution in [2.45, 2.75) is 5.33 Å². The van der Waals surface area contributed by atoms with E-state index in [1.165, 1.54) is 0 Å². The van der Waals surface area contributed by atoms with E-state index in [0.717, 1.165) is 16.7 Å². The average molecular weight is 350 g/mol. The van der Waals surface area contributed by atoms with Crippen molar-refractivity contribution < 1.29 is 0 Å². The molecule has 0 saturated carbocycles. The topological polar surface area (TPSA) is 0 Å². The first kappa shape index (κ1) is 13.2. The minimum absolute atomic E-state index is 0.604. The summed E-state index contributed by atoms with van der Waals surface area (Å²) in [6.45, 7) is 0. The molecular formula is C13H8BrCl3. The molecule has 4 heteroatoms. The van der Waals surface area contributed by atoms with Crippen LogP contribution in [0.3, 0.4) is 0 Å². The summed E-state index contributed by atoms with van der Waals surface area (Å²) >= 11 is 22.1. The molecule has 0 aliphatic carbocycles. The maximum atomic E-state index is 6.25. The Labute approximate surface area is 124 Å². The van der Waals surface area contributed by atoms with E-state index >= 15 is 0 Å². The second-order valence-electron chi connectivity index (χ2n) is 3.50. The monoisotopic (exact) mass is 348 g/mol. The van der Waals surface area contributed by atoms with Gasteiger partial charge in [-0.15, -0.1) is 0 Å². The Hall–Kier alpha value is -0.210. The predicted octanol–water partition coefficient (Wildman–Crippen LogP) is 6.21. The molecule has 2 rings (SSSR count). The number of halogens is 4. The van der Waals surface area contributed by atoms with Gasteiger partial charge in [0.15, 0.2) is 0 Å². The third kappa shape index (κ3) is 2.63. The zero-order valence-electron chi connectivity index (χ0n) is 8.68. The van der Waals surface area contributed by atoms with E-state index in [1.54, 1.807) is 0 Å². The lowest BCUT2D eigenvalue weighted by Crippen LogP contribution is -1.89. The molecule has 0 aliphatic heterocycles. The first-order valence-corrected chi connectivity index (χ1v) is 7.18. The van der Waals surface area contributed by atoms with E-state index in [4.69, 9.17) is 34.8 Å². The fraction of sp³-hybridized carbons (Fsp3) is 0.0769.